The van der Waals surface area contributed by atoms with Crippen molar-refractivity contribution in [2.75, 3.05) is 7.11 Å². The van der Waals surface area contributed by atoms with Crippen LogP contribution in [0.2, 0.25) is 0 Å². The standard InChI is InChI=1S/C18H18O/c1-3-4-10-17-12-11-16(14-18(17)19-2)13-15-8-6-5-7-9-15/h5-9,11-12,14H,3,13H2,1-2H3. The molecule has 0 radical (unpaired) electrons. The molecule has 0 aliphatic carbocycles. The molecule has 2 rings (SSSR count). The van der Waals surface area contributed by atoms with E-state index in [1.807, 2.05) is 19.1 Å². The van der Waals surface area contributed by atoms with Crippen LogP contribution >= 0.6 is 0 Å². The number of rotatable bonds is 3. The van der Waals surface area contributed by atoms with Crippen molar-refractivity contribution in [3.05, 3.63) is 65.2 Å². The summed E-state index contributed by atoms with van der Waals surface area (Å²) in [6, 6.07) is 16.7. The average Bonchev–Trinajstić information content (AvgIpc) is 2.47. The van der Waals surface area contributed by atoms with Crippen LogP contribution in [0.15, 0.2) is 48.5 Å². The highest BCUT2D eigenvalue weighted by Gasteiger charge is 2.03. The molecule has 0 atom stereocenters. The van der Waals surface area contributed by atoms with E-state index in [0.29, 0.717) is 0 Å². The van der Waals surface area contributed by atoms with Gasteiger partial charge in [-0.3, -0.25) is 0 Å². The molecule has 0 aliphatic heterocycles. The first-order valence-electron chi connectivity index (χ1n) is 6.53. The maximum Gasteiger partial charge on any atom is 0.134 e. The van der Waals surface area contributed by atoms with E-state index in [1.54, 1.807) is 7.11 Å². The van der Waals surface area contributed by atoms with Gasteiger partial charge in [0, 0.05) is 6.42 Å². The number of hydrogen-bond donors (Lipinski definition) is 0. The lowest BCUT2D eigenvalue weighted by atomic mass is 10.0. The zero-order valence-corrected chi connectivity index (χ0v) is 11.4. The van der Waals surface area contributed by atoms with Crippen LogP contribution in [-0.4, -0.2) is 7.11 Å². The SMILES string of the molecule is CCC#Cc1ccc(Cc2ccccc2)cc1OC. The van der Waals surface area contributed by atoms with Crippen LogP contribution in [0.25, 0.3) is 0 Å². The topological polar surface area (TPSA) is 9.23 Å². The predicted octanol–water partition coefficient (Wildman–Crippen LogP) is 4.05. The molecule has 0 unspecified atom stereocenters. The van der Waals surface area contributed by atoms with Gasteiger partial charge in [0.25, 0.3) is 0 Å². The summed E-state index contributed by atoms with van der Waals surface area (Å²) in [7, 11) is 1.69. The minimum Gasteiger partial charge on any atom is -0.495 e. The zero-order chi connectivity index (χ0) is 13.5. The van der Waals surface area contributed by atoms with E-state index in [0.717, 1.165) is 24.2 Å². The smallest absolute Gasteiger partial charge is 0.134 e. The number of benzene rings is 2. The van der Waals surface area contributed by atoms with Crippen molar-refractivity contribution in [2.24, 2.45) is 0 Å². The second kappa shape index (κ2) is 6.66. The van der Waals surface area contributed by atoms with E-state index < -0.39 is 0 Å². The Balaban J connectivity index is 2.24. The molecule has 96 valence electrons. The van der Waals surface area contributed by atoms with Gasteiger partial charge in [0.05, 0.1) is 12.7 Å². The predicted molar refractivity (Wildman–Crippen MR) is 79.4 cm³/mol. The molecule has 0 amide bonds. The minimum atomic E-state index is 0.856. The van der Waals surface area contributed by atoms with E-state index in [-0.39, 0.29) is 0 Å². The highest BCUT2D eigenvalue weighted by atomic mass is 16.5. The lowest BCUT2D eigenvalue weighted by Crippen LogP contribution is -1.92. The molecule has 0 aromatic heterocycles. The highest BCUT2D eigenvalue weighted by molar-refractivity contribution is 5.48. The van der Waals surface area contributed by atoms with Crippen LogP contribution in [0.5, 0.6) is 5.75 Å². The third-order valence-electron chi connectivity index (χ3n) is 2.92. The van der Waals surface area contributed by atoms with Gasteiger partial charge >= 0.3 is 0 Å². The molecule has 1 heteroatoms. The first-order chi connectivity index (χ1) is 9.33. The molecule has 0 aliphatic rings. The second-order valence-electron chi connectivity index (χ2n) is 4.35. The van der Waals surface area contributed by atoms with Gasteiger partial charge in [0.15, 0.2) is 0 Å². The molecule has 0 heterocycles. The molecule has 0 fully saturated rings. The van der Waals surface area contributed by atoms with Gasteiger partial charge in [0.2, 0.25) is 0 Å². The average molecular weight is 250 g/mol. The Bertz CT molecular complexity index is 588. The van der Waals surface area contributed by atoms with Gasteiger partial charge in [-0.2, -0.15) is 0 Å². The van der Waals surface area contributed by atoms with Crippen molar-refractivity contribution >= 4 is 0 Å². The van der Waals surface area contributed by atoms with Gasteiger partial charge in [-0.25, -0.2) is 0 Å². The van der Waals surface area contributed by atoms with E-state index >= 15 is 0 Å². The van der Waals surface area contributed by atoms with Crippen molar-refractivity contribution < 1.29 is 4.74 Å². The summed E-state index contributed by atoms with van der Waals surface area (Å²) in [5.74, 6) is 7.06. The molecule has 2 aromatic rings. The molecule has 2 aromatic carbocycles. The third kappa shape index (κ3) is 3.63. The largest absolute Gasteiger partial charge is 0.495 e. The maximum absolute atomic E-state index is 5.42. The molecule has 0 N–H and O–H groups in total. The van der Waals surface area contributed by atoms with Crippen LogP contribution in [0, 0.1) is 11.8 Å². The van der Waals surface area contributed by atoms with E-state index in [4.69, 9.17) is 4.74 Å². The van der Waals surface area contributed by atoms with Crippen molar-refractivity contribution in [3.63, 3.8) is 0 Å². The number of methoxy groups -OCH3 is 1. The lowest BCUT2D eigenvalue weighted by molar-refractivity contribution is 0.413. The van der Waals surface area contributed by atoms with Crippen LogP contribution < -0.4 is 4.74 Å². The van der Waals surface area contributed by atoms with Crippen LogP contribution in [0.3, 0.4) is 0 Å². The molecule has 0 bridgehead atoms. The van der Waals surface area contributed by atoms with Crippen LogP contribution in [0.1, 0.15) is 30.0 Å². The maximum atomic E-state index is 5.42. The Morgan fingerprint density at radius 3 is 2.47 bits per heavy atom. The summed E-state index contributed by atoms with van der Waals surface area (Å²) in [6.45, 7) is 2.04. The van der Waals surface area contributed by atoms with Crippen molar-refractivity contribution in [1.29, 1.82) is 0 Å². The van der Waals surface area contributed by atoms with E-state index in [1.165, 1.54) is 11.1 Å². The normalized spacial score (nSPS) is 9.58. The molecule has 0 saturated carbocycles. The first-order valence-corrected chi connectivity index (χ1v) is 6.53. The van der Waals surface area contributed by atoms with Crippen LogP contribution in [0.4, 0.5) is 0 Å². The Kier molecular flexibility index (Phi) is 4.64. The Morgan fingerprint density at radius 2 is 1.79 bits per heavy atom. The molecule has 0 saturated heterocycles. The molecular weight excluding hydrogens is 232 g/mol. The fourth-order valence-electron chi connectivity index (χ4n) is 1.96. The summed E-state index contributed by atoms with van der Waals surface area (Å²) in [5, 5.41) is 0. The van der Waals surface area contributed by atoms with Crippen LogP contribution in [-0.2, 0) is 6.42 Å². The van der Waals surface area contributed by atoms with Gasteiger partial charge in [-0.1, -0.05) is 55.2 Å². The van der Waals surface area contributed by atoms with Crippen molar-refractivity contribution in [3.8, 4) is 17.6 Å². The lowest BCUT2D eigenvalue weighted by Gasteiger charge is -2.07. The fraction of sp³-hybridized carbons (Fsp3) is 0.222. The van der Waals surface area contributed by atoms with Gasteiger partial charge in [-0.15, -0.1) is 0 Å². The Hall–Kier alpha value is -2.20. The van der Waals surface area contributed by atoms with Gasteiger partial charge < -0.3 is 4.74 Å². The number of ether oxygens (including phenoxy) is 1. The highest BCUT2D eigenvalue weighted by Crippen LogP contribution is 2.21. The Labute approximate surface area is 115 Å². The summed E-state index contributed by atoms with van der Waals surface area (Å²) in [5.41, 5.74) is 3.50. The summed E-state index contributed by atoms with van der Waals surface area (Å²) < 4.78 is 5.42. The zero-order valence-electron chi connectivity index (χ0n) is 11.4. The summed E-state index contributed by atoms with van der Waals surface area (Å²) in [4.78, 5) is 0. The molecule has 0 spiro atoms. The summed E-state index contributed by atoms with van der Waals surface area (Å²) >= 11 is 0. The van der Waals surface area contributed by atoms with Gasteiger partial charge in [-0.05, 0) is 29.7 Å². The first kappa shape index (κ1) is 13.2. The molecular formula is C18H18O. The molecule has 19 heavy (non-hydrogen) atoms. The molecule has 1 nitrogen and oxygen atoms in total. The third-order valence-corrected chi connectivity index (χ3v) is 2.92. The minimum absolute atomic E-state index is 0.856. The number of hydrogen-bond acceptors (Lipinski definition) is 1. The van der Waals surface area contributed by atoms with E-state index in [9.17, 15) is 0 Å². The summed E-state index contributed by atoms with van der Waals surface area (Å²) in [6.07, 6.45) is 1.77. The second-order valence-corrected chi connectivity index (χ2v) is 4.35. The fourth-order valence-corrected chi connectivity index (χ4v) is 1.96. The van der Waals surface area contributed by atoms with E-state index in [2.05, 4.69) is 48.2 Å². The van der Waals surface area contributed by atoms with Crippen molar-refractivity contribution in [2.45, 2.75) is 19.8 Å². The monoisotopic (exact) mass is 250 g/mol. The quantitative estimate of drug-likeness (QED) is 0.747. The van der Waals surface area contributed by atoms with Gasteiger partial charge in [0.1, 0.15) is 5.75 Å². The van der Waals surface area contributed by atoms with Crippen molar-refractivity contribution in [1.82, 2.24) is 0 Å². The Morgan fingerprint density at radius 1 is 1.00 bits per heavy atom.